The predicted octanol–water partition coefficient (Wildman–Crippen LogP) is -0.569. The molecule has 110 valence electrons. The van der Waals surface area contributed by atoms with Gasteiger partial charge in [-0.05, 0) is 22.9 Å². The number of hydrogen-bond acceptors (Lipinski definition) is 3. The molecule has 0 saturated heterocycles. The summed E-state index contributed by atoms with van der Waals surface area (Å²) in [6, 6.07) is 12.5. The Kier molecular flexibility index (Phi) is 4.55. The summed E-state index contributed by atoms with van der Waals surface area (Å²) >= 11 is 0. The lowest BCUT2D eigenvalue weighted by molar-refractivity contribution is -0.878. The summed E-state index contributed by atoms with van der Waals surface area (Å²) in [5, 5.41) is 15.8. The SMILES string of the molecule is C[NH+](C)[C@@H](CC(=O)Nc1ccc2ccccc2c1)C(=O)[O-]. The number of aliphatic carboxylic acids is 1. The molecule has 0 aliphatic carbocycles. The van der Waals surface area contributed by atoms with Crippen LogP contribution in [0.2, 0.25) is 0 Å². The van der Waals surface area contributed by atoms with Gasteiger partial charge in [-0.15, -0.1) is 0 Å². The Labute approximate surface area is 123 Å². The molecule has 0 aliphatic heterocycles. The quantitative estimate of drug-likeness (QED) is 0.773. The fraction of sp³-hybridized carbons (Fsp3) is 0.250. The smallest absolute Gasteiger partial charge is 0.230 e. The van der Waals surface area contributed by atoms with Gasteiger partial charge in [-0.25, -0.2) is 0 Å². The Balaban J connectivity index is 2.08. The molecule has 2 rings (SSSR count). The number of rotatable bonds is 5. The molecule has 0 aromatic heterocycles. The van der Waals surface area contributed by atoms with E-state index >= 15 is 0 Å². The number of quaternary nitrogens is 1. The highest BCUT2D eigenvalue weighted by atomic mass is 16.4. The van der Waals surface area contributed by atoms with Crippen molar-refractivity contribution in [1.29, 1.82) is 0 Å². The second kappa shape index (κ2) is 6.37. The highest BCUT2D eigenvalue weighted by Gasteiger charge is 2.20. The highest BCUT2D eigenvalue weighted by molar-refractivity contribution is 5.96. The third-order valence-electron chi connectivity index (χ3n) is 3.40. The van der Waals surface area contributed by atoms with Gasteiger partial charge in [0.05, 0.1) is 26.5 Å². The van der Waals surface area contributed by atoms with E-state index in [9.17, 15) is 14.7 Å². The molecule has 2 aromatic rings. The average molecular weight is 286 g/mol. The monoisotopic (exact) mass is 286 g/mol. The van der Waals surface area contributed by atoms with Crippen LogP contribution in [-0.2, 0) is 9.59 Å². The van der Waals surface area contributed by atoms with Crippen molar-refractivity contribution >= 4 is 28.3 Å². The summed E-state index contributed by atoms with van der Waals surface area (Å²) in [4.78, 5) is 23.6. The molecule has 0 saturated carbocycles. The van der Waals surface area contributed by atoms with E-state index in [2.05, 4.69) is 5.32 Å². The van der Waals surface area contributed by atoms with Gasteiger partial charge in [0.1, 0.15) is 6.04 Å². The Morgan fingerprint density at radius 2 is 1.81 bits per heavy atom. The lowest BCUT2D eigenvalue weighted by Crippen LogP contribution is -3.12. The van der Waals surface area contributed by atoms with Crippen LogP contribution in [0.25, 0.3) is 10.8 Å². The van der Waals surface area contributed by atoms with Crippen molar-refractivity contribution in [2.45, 2.75) is 12.5 Å². The summed E-state index contributed by atoms with van der Waals surface area (Å²) in [6.07, 6.45) is -0.114. The number of benzene rings is 2. The minimum atomic E-state index is -1.22. The topological polar surface area (TPSA) is 73.7 Å². The van der Waals surface area contributed by atoms with E-state index in [0.717, 1.165) is 10.8 Å². The van der Waals surface area contributed by atoms with Crippen LogP contribution in [-0.4, -0.2) is 32.0 Å². The number of anilines is 1. The van der Waals surface area contributed by atoms with Crippen LogP contribution in [0.15, 0.2) is 42.5 Å². The standard InChI is InChI=1S/C16H18N2O3/c1-18(2)14(16(20)21)10-15(19)17-13-8-7-11-5-3-4-6-12(11)9-13/h3-9,14H,10H2,1-2H3,(H,17,19)(H,20,21)/t14-/m0/s1. The van der Waals surface area contributed by atoms with Gasteiger partial charge in [-0.2, -0.15) is 0 Å². The zero-order chi connectivity index (χ0) is 15.4. The maximum Gasteiger partial charge on any atom is 0.230 e. The van der Waals surface area contributed by atoms with E-state index in [0.29, 0.717) is 10.6 Å². The largest absolute Gasteiger partial charge is 0.544 e. The van der Waals surface area contributed by atoms with Crippen molar-refractivity contribution in [2.24, 2.45) is 0 Å². The second-order valence-corrected chi connectivity index (χ2v) is 5.26. The van der Waals surface area contributed by atoms with E-state index in [1.165, 1.54) is 0 Å². The van der Waals surface area contributed by atoms with E-state index in [1.807, 2.05) is 36.4 Å². The third kappa shape index (κ3) is 3.79. The maximum absolute atomic E-state index is 12.0. The molecule has 0 bridgehead atoms. The van der Waals surface area contributed by atoms with Crippen LogP contribution in [0.1, 0.15) is 6.42 Å². The molecule has 5 heteroatoms. The molecular formula is C16H18N2O3. The zero-order valence-corrected chi connectivity index (χ0v) is 12.1. The predicted molar refractivity (Wildman–Crippen MR) is 78.8 cm³/mol. The van der Waals surface area contributed by atoms with Crippen LogP contribution in [0.4, 0.5) is 5.69 Å². The van der Waals surface area contributed by atoms with Crippen LogP contribution in [0, 0.1) is 0 Å². The summed E-state index contributed by atoms with van der Waals surface area (Å²) in [5.74, 6) is -1.55. The van der Waals surface area contributed by atoms with Crippen molar-refractivity contribution in [2.75, 3.05) is 19.4 Å². The maximum atomic E-state index is 12.0. The molecule has 21 heavy (non-hydrogen) atoms. The fourth-order valence-corrected chi connectivity index (χ4v) is 2.19. The van der Waals surface area contributed by atoms with Gasteiger partial charge >= 0.3 is 0 Å². The average Bonchev–Trinajstić information content (AvgIpc) is 2.44. The van der Waals surface area contributed by atoms with Crippen molar-refractivity contribution in [3.8, 4) is 0 Å². The molecule has 2 aromatic carbocycles. The Morgan fingerprint density at radius 1 is 1.14 bits per heavy atom. The first-order valence-electron chi connectivity index (χ1n) is 6.77. The molecule has 0 heterocycles. The molecule has 0 fully saturated rings. The van der Waals surface area contributed by atoms with Crippen LogP contribution >= 0.6 is 0 Å². The second-order valence-electron chi connectivity index (χ2n) is 5.26. The minimum Gasteiger partial charge on any atom is -0.544 e. The van der Waals surface area contributed by atoms with Gasteiger partial charge in [0.25, 0.3) is 0 Å². The number of likely N-dealkylation sites (N-methyl/N-ethyl adjacent to an activating group) is 1. The molecule has 1 atom stereocenters. The molecule has 0 spiro atoms. The van der Waals surface area contributed by atoms with E-state index in [1.54, 1.807) is 20.2 Å². The van der Waals surface area contributed by atoms with Crippen LogP contribution in [0.3, 0.4) is 0 Å². The summed E-state index contributed by atoms with van der Waals surface area (Å²) in [5.41, 5.74) is 0.657. The number of fused-ring (bicyclic) bond motifs is 1. The van der Waals surface area contributed by atoms with E-state index in [4.69, 9.17) is 0 Å². The van der Waals surface area contributed by atoms with Gasteiger partial charge in [-0.1, -0.05) is 30.3 Å². The van der Waals surface area contributed by atoms with Crippen LogP contribution in [0.5, 0.6) is 0 Å². The molecule has 0 radical (unpaired) electrons. The lowest BCUT2D eigenvalue weighted by Gasteiger charge is -2.21. The van der Waals surface area contributed by atoms with E-state index in [-0.39, 0.29) is 12.3 Å². The summed E-state index contributed by atoms with van der Waals surface area (Å²) < 4.78 is 0. The number of carboxylic acids is 1. The summed E-state index contributed by atoms with van der Waals surface area (Å²) in [7, 11) is 3.37. The number of amides is 1. The third-order valence-corrected chi connectivity index (χ3v) is 3.40. The number of hydrogen-bond donors (Lipinski definition) is 2. The highest BCUT2D eigenvalue weighted by Crippen LogP contribution is 2.18. The number of carbonyl (C=O) groups excluding carboxylic acids is 2. The van der Waals surface area contributed by atoms with Crippen molar-refractivity contribution < 1.29 is 19.6 Å². The summed E-state index contributed by atoms with van der Waals surface area (Å²) in [6.45, 7) is 0. The number of carbonyl (C=O) groups is 2. The van der Waals surface area contributed by atoms with Crippen molar-refractivity contribution in [1.82, 2.24) is 0 Å². The van der Waals surface area contributed by atoms with E-state index < -0.39 is 12.0 Å². The van der Waals surface area contributed by atoms with Gasteiger partial charge in [0, 0.05) is 5.69 Å². The Morgan fingerprint density at radius 3 is 2.43 bits per heavy atom. The van der Waals surface area contributed by atoms with Gasteiger partial charge < -0.3 is 20.1 Å². The Hall–Kier alpha value is -2.40. The zero-order valence-electron chi connectivity index (χ0n) is 12.1. The van der Waals surface area contributed by atoms with Crippen molar-refractivity contribution in [3.05, 3.63) is 42.5 Å². The molecule has 0 unspecified atom stereocenters. The molecule has 5 nitrogen and oxygen atoms in total. The normalized spacial score (nSPS) is 12.3. The van der Waals surface area contributed by atoms with Gasteiger partial charge in [0.2, 0.25) is 5.91 Å². The lowest BCUT2D eigenvalue weighted by atomic mass is 10.1. The molecule has 2 N–H and O–H groups in total. The van der Waals surface area contributed by atoms with Crippen molar-refractivity contribution in [3.63, 3.8) is 0 Å². The number of nitrogens with one attached hydrogen (secondary N) is 2. The molecule has 0 aliphatic rings. The molecular weight excluding hydrogens is 268 g/mol. The fourth-order valence-electron chi connectivity index (χ4n) is 2.19. The molecule has 1 amide bonds. The van der Waals surface area contributed by atoms with Gasteiger partial charge in [0.15, 0.2) is 0 Å². The first kappa shape index (κ1) is 15.0. The minimum absolute atomic E-state index is 0.114. The Bertz CT molecular complexity index is 667. The van der Waals surface area contributed by atoms with Crippen LogP contribution < -0.4 is 15.3 Å². The van der Waals surface area contributed by atoms with Gasteiger partial charge in [-0.3, -0.25) is 4.79 Å². The first-order valence-corrected chi connectivity index (χ1v) is 6.77. The number of carboxylic acid groups (broad SMARTS) is 1. The first-order chi connectivity index (χ1) is 9.97.